The average molecular weight is 470 g/mol. The molecular formula is C28H31N5O2. The highest BCUT2D eigenvalue weighted by atomic mass is 16.5. The Hall–Kier alpha value is -3.24. The summed E-state index contributed by atoms with van der Waals surface area (Å²) in [5.74, 6) is 7.41. The first kappa shape index (κ1) is 22.2. The monoisotopic (exact) mass is 469 g/mol. The van der Waals surface area contributed by atoms with E-state index >= 15 is 0 Å². The Balaban J connectivity index is 1.46. The molecule has 7 heteroatoms. The highest BCUT2D eigenvalue weighted by molar-refractivity contribution is 6.08. The fourth-order valence-electron chi connectivity index (χ4n) is 6.37. The van der Waals surface area contributed by atoms with Gasteiger partial charge in [0, 0.05) is 30.2 Å². The van der Waals surface area contributed by atoms with E-state index in [0.29, 0.717) is 11.6 Å². The minimum Gasteiger partial charge on any atom is -0.381 e. The van der Waals surface area contributed by atoms with Crippen LogP contribution in [0.25, 0.3) is 0 Å². The predicted octanol–water partition coefficient (Wildman–Crippen LogP) is 3.48. The number of hydrogen-bond acceptors (Lipinski definition) is 6. The SMILES string of the molecule is CO[C@H]1CC[C@]2(CC1)Cc1ccc(C#CC3CC3)cc1C21N=C(N)N(C(C)c2cccnn2)C1=O. The lowest BCUT2D eigenvalue weighted by Crippen LogP contribution is -2.52. The summed E-state index contributed by atoms with van der Waals surface area (Å²) in [6, 6.07) is 9.68. The largest absolute Gasteiger partial charge is 0.381 e. The third-order valence-electron chi connectivity index (χ3n) is 8.48. The first-order valence-electron chi connectivity index (χ1n) is 12.6. The maximum Gasteiger partial charge on any atom is 0.263 e. The smallest absolute Gasteiger partial charge is 0.263 e. The summed E-state index contributed by atoms with van der Waals surface area (Å²) in [7, 11) is 1.77. The Kier molecular flexibility index (Phi) is 5.19. The van der Waals surface area contributed by atoms with E-state index in [2.05, 4.69) is 40.2 Å². The number of rotatable bonds is 3. The standard InChI is InChI=1S/C28H31N5O2/c1-18(24-4-3-15-30-32-24)33-25(34)28(31-26(33)29)23-16-20(8-7-19-5-6-19)9-10-21(23)17-27(28)13-11-22(35-2)12-14-27/h3-4,9-10,15-16,18-19,22H,5-6,11-14,17H2,1-2H3,(H2,29,31)/t18?,22-,27-,28?. The molecule has 4 aliphatic rings. The maximum atomic E-state index is 14.5. The minimum absolute atomic E-state index is 0.0601. The van der Waals surface area contributed by atoms with Gasteiger partial charge in [-0.05, 0) is 87.3 Å². The van der Waals surface area contributed by atoms with Gasteiger partial charge in [-0.3, -0.25) is 9.69 Å². The number of carbonyl (C=O) groups is 1. The Morgan fingerprint density at radius 2 is 2.00 bits per heavy atom. The quantitative estimate of drug-likeness (QED) is 0.695. The summed E-state index contributed by atoms with van der Waals surface area (Å²) in [6.45, 7) is 1.94. The van der Waals surface area contributed by atoms with Crippen LogP contribution in [0.3, 0.4) is 0 Å². The van der Waals surface area contributed by atoms with Gasteiger partial charge in [-0.2, -0.15) is 10.2 Å². The van der Waals surface area contributed by atoms with Crippen molar-refractivity contribution in [1.82, 2.24) is 15.1 Å². The number of amides is 1. The molecule has 0 radical (unpaired) electrons. The molecule has 180 valence electrons. The summed E-state index contributed by atoms with van der Waals surface area (Å²) in [4.78, 5) is 21.3. The molecule has 2 spiro atoms. The zero-order valence-corrected chi connectivity index (χ0v) is 20.3. The van der Waals surface area contributed by atoms with Gasteiger partial charge in [0.2, 0.25) is 0 Å². The molecule has 6 rings (SSSR count). The Morgan fingerprint density at radius 3 is 2.69 bits per heavy atom. The van der Waals surface area contributed by atoms with Crippen LogP contribution in [0.5, 0.6) is 0 Å². The van der Waals surface area contributed by atoms with Crippen LogP contribution < -0.4 is 5.73 Å². The second-order valence-electron chi connectivity index (χ2n) is 10.5. The zero-order valence-electron chi connectivity index (χ0n) is 20.3. The molecule has 2 unspecified atom stereocenters. The summed E-state index contributed by atoms with van der Waals surface area (Å²) < 4.78 is 5.68. The normalized spacial score (nSPS) is 30.2. The zero-order chi connectivity index (χ0) is 24.2. The molecule has 2 saturated carbocycles. The van der Waals surface area contributed by atoms with Crippen molar-refractivity contribution < 1.29 is 9.53 Å². The number of fused-ring (bicyclic) bond motifs is 3. The molecule has 2 fully saturated rings. The first-order chi connectivity index (χ1) is 17.0. The molecule has 1 amide bonds. The van der Waals surface area contributed by atoms with E-state index in [1.807, 2.05) is 19.1 Å². The van der Waals surface area contributed by atoms with Gasteiger partial charge in [-0.25, -0.2) is 4.99 Å². The molecule has 2 heterocycles. The predicted molar refractivity (Wildman–Crippen MR) is 132 cm³/mol. The van der Waals surface area contributed by atoms with Gasteiger partial charge in [0.05, 0.1) is 17.8 Å². The lowest BCUT2D eigenvalue weighted by Gasteiger charge is -2.45. The van der Waals surface area contributed by atoms with E-state index in [4.69, 9.17) is 15.5 Å². The molecule has 1 aliphatic heterocycles. The van der Waals surface area contributed by atoms with Crippen LogP contribution in [0, 0.1) is 23.2 Å². The van der Waals surface area contributed by atoms with E-state index < -0.39 is 5.54 Å². The number of aromatic nitrogens is 2. The summed E-state index contributed by atoms with van der Waals surface area (Å²) in [5.41, 5.74) is 8.97. The van der Waals surface area contributed by atoms with Crippen LogP contribution in [0.1, 0.15) is 73.9 Å². The molecule has 0 bridgehead atoms. The molecule has 35 heavy (non-hydrogen) atoms. The third-order valence-corrected chi connectivity index (χ3v) is 8.48. The average Bonchev–Trinajstić information content (AvgIpc) is 3.63. The summed E-state index contributed by atoms with van der Waals surface area (Å²) in [6.07, 6.45) is 8.55. The number of methoxy groups -OCH3 is 1. The molecule has 2 atom stereocenters. The Bertz CT molecular complexity index is 1250. The Labute approximate surface area is 206 Å². The highest BCUT2D eigenvalue weighted by Gasteiger charge is 2.67. The van der Waals surface area contributed by atoms with Crippen LogP contribution in [0.4, 0.5) is 0 Å². The lowest BCUT2D eigenvalue weighted by molar-refractivity contribution is -0.139. The second kappa shape index (κ2) is 8.17. The van der Waals surface area contributed by atoms with Gasteiger partial charge < -0.3 is 10.5 Å². The topological polar surface area (TPSA) is 93.7 Å². The van der Waals surface area contributed by atoms with Crippen molar-refractivity contribution >= 4 is 11.9 Å². The number of guanidine groups is 1. The highest BCUT2D eigenvalue weighted by Crippen LogP contribution is 2.62. The molecule has 0 saturated heterocycles. The third kappa shape index (κ3) is 3.38. The van der Waals surface area contributed by atoms with Gasteiger partial charge in [0.15, 0.2) is 11.5 Å². The number of nitrogens with zero attached hydrogens (tertiary/aromatic N) is 4. The lowest BCUT2D eigenvalue weighted by atomic mass is 9.61. The molecule has 1 aromatic carbocycles. The Morgan fingerprint density at radius 1 is 1.20 bits per heavy atom. The minimum atomic E-state index is -1.04. The molecule has 2 N–H and O–H groups in total. The number of hydrogen-bond donors (Lipinski definition) is 1. The molecular weight excluding hydrogens is 438 g/mol. The molecule has 3 aliphatic carbocycles. The van der Waals surface area contributed by atoms with Crippen LogP contribution >= 0.6 is 0 Å². The van der Waals surface area contributed by atoms with Gasteiger partial charge in [0.25, 0.3) is 5.91 Å². The number of benzene rings is 1. The van der Waals surface area contributed by atoms with Crippen LogP contribution in [0.2, 0.25) is 0 Å². The molecule has 1 aromatic heterocycles. The first-order valence-corrected chi connectivity index (χ1v) is 12.6. The van der Waals surface area contributed by atoms with Gasteiger partial charge in [-0.15, -0.1) is 0 Å². The van der Waals surface area contributed by atoms with Gasteiger partial charge in [0.1, 0.15) is 0 Å². The van der Waals surface area contributed by atoms with Crippen molar-refractivity contribution in [2.75, 3.05) is 7.11 Å². The molecule has 2 aromatic rings. The van der Waals surface area contributed by atoms with Crippen LogP contribution in [-0.4, -0.2) is 40.2 Å². The van der Waals surface area contributed by atoms with E-state index in [1.165, 1.54) is 18.4 Å². The van der Waals surface area contributed by atoms with Crippen molar-refractivity contribution in [3.63, 3.8) is 0 Å². The van der Waals surface area contributed by atoms with E-state index in [0.717, 1.165) is 43.2 Å². The van der Waals surface area contributed by atoms with E-state index in [-0.39, 0.29) is 29.4 Å². The van der Waals surface area contributed by atoms with Crippen molar-refractivity contribution in [2.24, 2.45) is 22.1 Å². The number of carbonyl (C=O) groups excluding carboxylic acids is 1. The number of aliphatic imine (C=N–C) groups is 1. The van der Waals surface area contributed by atoms with Crippen molar-refractivity contribution in [1.29, 1.82) is 0 Å². The molecule has 7 nitrogen and oxygen atoms in total. The van der Waals surface area contributed by atoms with E-state index in [9.17, 15) is 4.79 Å². The van der Waals surface area contributed by atoms with Crippen molar-refractivity contribution in [3.05, 3.63) is 58.9 Å². The summed E-state index contributed by atoms with van der Waals surface area (Å²) in [5, 5.41) is 8.25. The van der Waals surface area contributed by atoms with E-state index in [1.54, 1.807) is 18.2 Å². The van der Waals surface area contributed by atoms with Gasteiger partial charge >= 0.3 is 0 Å². The second-order valence-corrected chi connectivity index (χ2v) is 10.5. The number of nitrogens with two attached hydrogens (primary N) is 1. The number of ether oxygens (including phenoxy) is 1. The van der Waals surface area contributed by atoms with Crippen molar-refractivity contribution in [2.45, 2.75) is 69.6 Å². The van der Waals surface area contributed by atoms with Crippen LogP contribution in [-0.2, 0) is 21.5 Å². The maximum absolute atomic E-state index is 14.5. The van der Waals surface area contributed by atoms with Crippen molar-refractivity contribution in [3.8, 4) is 11.8 Å². The fourth-order valence-corrected chi connectivity index (χ4v) is 6.37. The van der Waals surface area contributed by atoms with Crippen LogP contribution in [0.15, 0.2) is 41.5 Å². The summed E-state index contributed by atoms with van der Waals surface area (Å²) >= 11 is 0. The fraction of sp³-hybridized carbons (Fsp3) is 0.500. The van der Waals surface area contributed by atoms with Gasteiger partial charge in [-0.1, -0.05) is 17.9 Å².